The van der Waals surface area contributed by atoms with E-state index in [-0.39, 0.29) is 0 Å². The van der Waals surface area contributed by atoms with Gasteiger partial charge in [-0.25, -0.2) is 15.6 Å². The van der Waals surface area contributed by atoms with Crippen molar-refractivity contribution in [1.82, 2.24) is 10.4 Å². The Bertz CT molecular complexity index is 696. The maximum absolute atomic E-state index is 11.2. The van der Waals surface area contributed by atoms with Gasteiger partial charge in [-0.15, -0.1) is 0 Å². The van der Waals surface area contributed by atoms with E-state index in [9.17, 15) is 4.79 Å². The van der Waals surface area contributed by atoms with Crippen LogP contribution in [-0.2, 0) is 0 Å². The van der Waals surface area contributed by atoms with Crippen LogP contribution in [-0.4, -0.2) is 44.3 Å². The van der Waals surface area contributed by atoms with E-state index >= 15 is 0 Å². The molecule has 8 nitrogen and oxygen atoms in total. The number of nitrogens with one attached hydrogen (secondary N) is 2. The number of rotatable bonds is 4. The molecule has 2 heterocycles. The van der Waals surface area contributed by atoms with E-state index in [1.165, 1.54) is 5.69 Å². The number of urea groups is 1. The van der Waals surface area contributed by atoms with Crippen molar-refractivity contribution in [3.05, 3.63) is 42.6 Å². The molecule has 132 valence electrons. The van der Waals surface area contributed by atoms with Gasteiger partial charge in [-0.3, -0.25) is 5.43 Å². The number of ether oxygens (including phenoxy) is 1. The Morgan fingerprint density at radius 1 is 1.08 bits per heavy atom. The van der Waals surface area contributed by atoms with Crippen LogP contribution in [0.2, 0.25) is 0 Å². The van der Waals surface area contributed by atoms with Crippen molar-refractivity contribution in [2.75, 3.05) is 48.4 Å². The number of carbonyl (C=O) groups excluding carboxylic acids is 1. The number of methoxy groups -OCH3 is 1. The molecule has 2 amide bonds. The van der Waals surface area contributed by atoms with Gasteiger partial charge in [0, 0.05) is 31.9 Å². The molecule has 0 bridgehead atoms. The molecule has 1 aromatic heterocycles. The van der Waals surface area contributed by atoms with Gasteiger partial charge in [-0.05, 0) is 36.4 Å². The van der Waals surface area contributed by atoms with Crippen LogP contribution in [0.25, 0.3) is 0 Å². The van der Waals surface area contributed by atoms with Gasteiger partial charge >= 0.3 is 6.03 Å². The largest absolute Gasteiger partial charge is 0.497 e. The van der Waals surface area contributed by atoms with Crippen molar-refractivity contribution in [3.8, 4) is 5.75 Å². The molecule has 3 rings (SSSR count). The molecule has 0 atom stereocenters. The summed E-state index contributed by atoms with van der Waals surface area (Å²) in [6.07, 6.45) is 1.63. The van der Waals surface area contributed by atoms with Crippen molar-refractivity contribution in [3.63, 3.8) is 0 Å². The number of hydrazine groups is 1. The summed E-state index contributed by atoms with van der Waals surface area (Å²) in [7, 11) is 1.67. The number of pyridine rings is 1. The zero-order chi connectivity index (χ0) is 17.6. The third kappa shape index (κ3) is 4.10. The summed E-state index contributed by atoms with van der Waals surface area (Å²) in [6.45, 7) is 3.61. The fourth-order valence-electron chi connectivity index (χ4n) is 2.80. The Labute approximate surface area is 146 Å². The second kappa shape index (κ2) is 7.71. The van der Waals surface area contributed by atoms with Crippen LogP contribution in [0, 0.1) is 0 Å². The van der Waals surface area contributed by atoms with Crippen LogP contribution in [0.3, 0.4) is 0 Å². The van der Waals surface area contributed by atoms with Gasteiger partial charge in [-0.1, -0.05) is 0 Å². The first-order valence-electron chi connectivity index (χ1n) is 8.07. The normalized spacial score (nSPS) is 14.2. The minimum absolute atomic E-state index is 0.470. The predicted molar refractivity (Wildman–Crippen MR) is 98.0 cm³/mol. The fraction of sp³-hybridized carbons (Fsp3) is 0.294. The van der Waals surface area contributed by atoms with Crippen LogP contribution in [0.1, 0.15) is 0 Å². The van der Waals surface area contributed by atoms with Crippen molar-refractivity contribution in [2.24, 2.45) is 5.84 Å². The number of anilines is 3. The quantitative estimate of drug-likeness (QED) is 0.442. The molecule has 0 spiro atoms. The van der Waals surface area contributed by atoms with E-state index < -0.39 is 6.03 Å². The summed E-state index contributed by atoms with van der Waals surface area (Å²) in [6, 6.07) is 11.4. The standard InChI is InChI=1S/C17H22N6O2/c1-25-15-5-3-14(4-6-15)22-8-10-23(11-9-22)16-7-2-13(12-19-16)20-17(24)21-18/h2-7,12H,8-11,18H2,1H3,(H2,20,21,24). The van der Waals surface area contributed by atoms with Gasteiger partial charge in [0.1, 0.15) is 11.6 Å². The number of aromatic nitrogens is 1. The number of nitrogens with two attached hydrogens (primary N) is 1. The van der Waals surface area contributed by atoms with Gasteiger partial charge in [0.05, 0.1) is 19.0 Å². The predicted octanol–water partition coefficient (Wildman–Crippen LogP) is 1.41. The molecule has 1 aromatic carbocycles. The zero-order valence-corrected chi connectivity index (χ0v) is 14.1. The van der Waals surface area contributed by atoms with Gasteiger partial charge < -0.3 is 19.9 Å². The van der Waals surface area contributed by atoms with E-state index in [1.54, 1.807) is 13.3 Å². The second-order valence-corrected chi connectivity index (χ2v) is 5.68. The SMILES string of the molecule is COc1ccc(N2CCN(c3ccc(NC(=O)NN)cn3)CC2)cc1. The van der Waals surface area contributed by atoms with Crippen LogP contribution >= 0.6 is 0 Å². The Hall–Kier alpha value is -3.00. The lowest BCUT2D eigenvalue weighted by molar-refractivity contribution is 0.252. The summed E-state index contributed by atoms with van der Waals surface area (Å²) in [4.78, 5) is 20.2. The molecular formula is C17H22N6O2. The maximum Gasteiger partial charge on any atom is 0.333 e. The van der Waals surface area contributed by atoms with Crippen LogP contribution in [0.15, 0.2) is 42.6 Å². The lowest BCUT2D eigenvalue weighted by atomic mass is 10.2. The highest BCUT2D eigenvalue weighted by molar-refractivity contribution is 5.88. The van der Waals surface area contributed by atoms with Gasteiger partial charge in [0.15, 0.2) is 0 Å². The Balaban J connectivity index is 1.57. The van der Waals surface area contributed by atoms with Crippen molar-refractivity contribution in [2.45, 2.75) is 0 Å². The average Bonchev–Trinajstić information content (AvgIpc) is 2.69. The monoisotopic (exact) mass is 342 g/mol. The van der Waals surface area contributed by atoms with E-state index in [4.69, 9.17) is 10.6 Å². The molecule has 2 aromatic rings. The first kappa shape index (κ1) is 16.8. The summed E-state index contributed by atoms with van der Waals surface area (Å²) in [5.41, 5.74) is 3.81. The maximum atomic E-state index is 11.2. The topological polar surface area (TPSA) is 95.8 Å². The first-order chi connectivity index (χ1) is 12.2. The van der Waals surface area contributed by atoms with Crippen molar-refractivity contribution < 1.29 is 9.53 Å². The first-order valence-corrected chi connectivity index (χ1v) is 8.07. The summed E-state index contributed by atoms with van der Waals surface area (Å²) < 4.78 is 5.20. The van der Waals surface area contributed by atoms with E-state index in [0.29, 0.717) is 5.69 Å². The molecule has 25 heavy (non-hydrogen) atoms. The highest BCUT2D eigenvalue weighted by Crippen LogP contribution is 2.22. The summed E-state index contributed by atoms with van der Waals surface area (Å²) >= 11 is 0. The number of carbonyl (C=O) groups is 1. The number of amides is 2. The summed E-state index contributed by atoms with van der Waals surface area (Å²) in [5, 5.41) is 2.59. The fourth-order valence-corrected chi connectivity index (χ4v) is 2.80. The van der Waals surface area contributed by atoms with Crippen molar-refractivity contribution >= 4 is 23.2 Å². The molecule has 0 saturated carbocycles. The number of hydrogen-bond acceptors (Lipinski definition) is 6. The lowest BCUT2D eigenvalue weighted by Crippen LogP contribution is -2.46. The number of piperazine rings is 1. The molecule has 4 N–H and O–H groups in total. The molecule has 1 aliphatic rings. The van der Waals surface area contributed by atoms with Crippen LogP contribution in [0.4, 0.5) is 22.0 Å². The number of nitrogens with zero attached hydrogens (tertiary/aromatic N) is 3. The van der Waals surface area contributed by atoms with Gasteiger partial charge in [0.25, 0.3) is 0 Å². The van der Waals surface area contributed by atoms with E-state index in [1.807, 2.05) is 29.7 Å². The lowest BCUT2D eigenvalue weighted by Gasteiger charge is -2.36. The smallest absolute Gasteiger partial charge is 0.333 e. The Morgan fingerprint density at radius 3 is 2.32 bits per heavy atom. The highest BCUT2D eigenvalue weighted by atomic mass is 16.5. The third-order valence-corrected chi connectivity index (χ3v) is 4.18. The molecule has 8 heteroatoms. The molecular weight excluding hydrogens is 320 g/mol. The molecule has 0 unspecified atom stereocenters. The highest BCUT2D eigenvalue weighted by Gasteiger charge is 2.18. The molecule has 1 fully saturated rings. The number of hydrogen-bond donors (Lipinski definition) is 3. The van der Waals surface area contributed by atoms with Crippen molar-refractivity contribution in [1.29, 1.82) is 0 Å². The van der Waals surface area contributed by atoms with Crippen LogP contribution in [0.5, 0.6) is 5.75 Å². The molecule has 1 aliphatic heterocycles. The zero-order valence-electron chi connectivity index (χ0n) is 14.1. The summed E-state index contributed by atoms with van der Waals surface area (Å²) in [5.74, 6) is 6.80. The molecule has 0 aliphatic carbocycles. The minimum atomic E-state index is -0.470. The van der Waals surface area contributed by atoms with E-state index in [2.05, 4.69) is 32.2 Å². The second-order valence-electron chi connectivity index (χ2n) is 5.68. The average molecular weight is 342 g/mol. The van der Waals surface area contributed by atoms with Gasteiger partial charge in [0.2, 0.25) is 0 Å². The Kier molecular flexibility index (Phi) is 5.20. The van der Waals surface area contributed by atoms with Crippen LogP contribution < -0.4 is 31.1 Å². The minimum Gasteiger partial charge on any atom is -0.497 e. The van der Waals surface area contributed by atoms with Gasteiger partial charge in [-0.2, -0.15) is 0 Å². The van der Waals surface area contributed by atoms with E-state index in [0.717, 1.165) is 37.7 Å². The molecule has 0 radical (unpaired) electrons. The number of benzene rings is 1. The molecule has 1 saturated heterocycles. The Morgan fingerprint density at radius 2 is 1.76 bits per heavy atom. The third-order valence-electron chi connectivity index (χ3n) is 4.18.